The minimum absolute atomic E-state index is 0.0200. The number of amides is 1. The molecule has 0 fully saturated rings. The number of fused-ring (bicyclic) bond motifs is 1. The zero-order valence-corrected chi connectivity index (χ0v) is 11.6. The van der Waals surface area contributed by atoms with Gasteiger partial charge in [0.25, 0.3) is 5.91 Å². The van der Waals surface area contributed by atoms with E-state index in [1.54, 1.807) is 12.1 Å². The summed E-state index contributed by atoms with van der Waals surface area (Å²) in [5.74, 6) is 0.869. The van der Waals surface area contributed by atoms with Crippen molar-refractivity contribution < 1.29 is 9.53 Å². The van der Waals surface area contributed by atoms with E-state index < -0.39 is 0 Å². The van der Waals surface area contributed by atoms with E-state index in [0.29, 0.717) is 27.2 Å². The summed E-state index contributed by atoms with van der Waals surface area (Å²) in [6.45, 7) is -0.0200. The number of ether oxygens (including phenoxy) is 1. The number of nitrogens with zero attached hydrogens (tertiary/aromatic N) is 2. The predicted molar refractivity (Wildman–Crippen MR) is 80.0 cm³/mol. The number of rotatable bonds is 2. The van der Waals surface area contributed by atoms with Crippen LogP contribution in [-0.4, -0.2) is 22.5 Å². The molecule has 1 aliphatic heterocycles. The second kappa shape index (κ2) is 5.02. The number of carbonyl (C=O) groups excluding carboxylic acids is 1. The molecule has 1 amide bonds. The minimum atomic E-state index is -0.215. The van der Waals surface area contributed by atoms with Crippen molar-refractivity contribution in [3.8, 4) is 5.75 Å². The lowest BCUT2D eigenvalue weighted by atomic mass is 10.2. The summed E-state index contributed by atoms with van der Waals surface area (Å²) in [6.07, 6.45) is 0. The lowest BCUT2D eigenvalue weighted by Gasteiger charge is -2.19. The molecule has 1 aromatic carbocycles. The van der Waals surface area contributed by atoms with Crippen molar-refractivity contribution in [2.24, 2.45) is 0 Å². The third-order valence-corrected chi connectivity index (χ3v) is 3.63. The van der Waals surface area contributed by atoms with Gasteiger partial charge in [-0.15, -0.1) is 0 Å². The molecular weight excluding hydrogens is 292 g/mol. The molecule has 1 aliphatic rings. The lowest BCUT2D eigenvalue weighted by Crippen LogP contribution is -2.25. The molecule has 9 heteroatoms. The van der Waals surface area contributed by atoms with Crippen molar-refractivity contribution in [2.45, 2.75) is 10.1 Å². The van der Waals surface area contributed by atoms with Crippen molar-refractivity contribution in [2.75, 3.05) is 29.1 Å². The average Bonchev–Trinajstić information content (AvgIpc) is 2.39. The second-order valence-corrected chi connectivity index (χ2v) is 5.33. The number of hydrogen-bond donors (Lipinski definition) is 4. The van der Waals surface area contributed by atoms with Crippen molar-refractivity contribution in [1.82, 2.24) is 9.97 Å². The highest BCUT2D eigenvalue weighted by atomic mass is 32.2. The molecule has 0 aliphatic carbocycles. The molecular formula is C12H12N6O2S. The van der Waals surface area contributed by atoms with Gasteiger partial charge in [0.1, 0.15) is 17.4 Å². The van der Waals surface area contributed by atoms with Gasteiger partial charge in [-0.2, -0.15) is 0 Å². The molecule has 0 saturated heterocycles. The highest BCUT2D eigenvalue weighted by Crippen LogP contribution is 2.39. The lowest BCUT2D eigenvalue weighted by molar-refractivity contribution is -0.118. The molecule has 0 unspecified atom stereocenters. The van der Waals surface area contributed by atoms with Crippen LogP contribution >= 0.6 is 11.8 Å². The second-order valence-electron chi connectivity index (χ2n) is 4.33. The first-order valence-electron chi connectivity index (χ1n) is 5.95. The Morgan fingerprint density at radius 1 is 1.14 bits per heavy atom. The normalized spacial score (nSPS) is 13.2. The maximum atomic E-state index is 11.3. The summed E-state index contributed by atoms with van der Waals surface area (Å²) < 4.78 is 5.29. The van der Waals surface area contributed by atoms with E-state index in [0.717, 1.165) is 0 Å². The van der Waals surface area contributed by atoms with Crippen molar-refractivity contribution in [3.05, 3.63) is 18.2 Å². The monoisotopic (exact) mass is 304 g/mol. The third kappa shape index (κ3) is 2.77. The van der Waals surface area contributed by atoms with Crippen molar-refractivity contribution >= 4 is 40.7 Å². The van der Waals surface area contributed by atoms with Gasteiger partial charge in [0.05, 0.1) is 5.69 Å². The van der Waals surface area contributed by atoms with Gasteiger partial charge in [-0.05, 0) is 17.8 Å². The number of nitrogen functional groups attached to an aromatic ring is 3. The fourth-order valence-corrected chi connectivity index (χ4v) is 2.67. The standard InChI is InChI=1S/C12H12N6O2S/c13-5-1-7-6(16-11(19)4-20-7)2-8(5)21-12-17-9(14)3-10(15)18-12/h1-3H,4,13H2,(H,16,19)(H4,14,15,17,18). The fraction of sp³-hybridized carbons (Fsp3) is 0.0833. The van der Waals surface area contributed by atoms with Crippen LogP contribution < -0.4 is 27.3 Å². The summed E-state index contributed by atoms with van der Waals surface area (Å²) in [6, 6.07) is 4.82. The van der Waals surface area contributed by atoms with Crippen LogP contribution in [0.5, 0.6) is 5.75 Å². The number of nitrogens with one attached hydrogen (secondary N) is 1. The van der Waals surface area contributed by atoms with E-state index in [9.17, 15) is 4.79 Å². The van der Waals surface area contributed by atoms with E-state index >= 15 is 0 Å². The first-order chi connectivity index (χ1) is 10.0. The van der Waals surface area contributed by atoms with Crippen LogP contribution in [0.25, 0.3) is 0 Å². The highest BCUT2D eigenvalue weighted by molar-refractivity contribution is 7.99. The van der Waals surface area contributed by atoms with Crippen LogP contribution in [0.1, 0.15) is 0 Å². The largest absolute Gasteiger partial charge is 0.482 e. The van der Waals surface area contributed by atoms with Gasteiger partial charge in [0, 0.05) is 22.7 Å². The summed E-state index contributed by atoms with van der Waals surface area (Å²) in [4.78, 5) is 20.2. The molecule has 8 nitrogen and oxygen atoms in total. The van der Waals surface area contributed by atoms with Crippen molar-refractivity contribution in [1.29, 1.82) is 0 Å². The van der Waals surface area contributed by atoms with E-state index in [1.807, 2.05) is 0 Å². The number of hydrogen-bond acceptors (Lipinski definition) is 8. The van der Waals surface area contributed by atoms with Crippen LogP contribution in [0.3, 0.4) is 0 Å². The van der Waals surface area contributed by atoms with E-state index in [1.165, 1.54) is 17.8 Å². The number of nitrogens with two attached hydrogens (primary N) is 3. The van der Waals surface area contributed by atoms with Crippen LogP contribution in [-0.2, 0) is 4.79 Å². The van der Waals surface area contributed by atoms with Gasteiger partial charge >= 0.3 is 0 Å². The Kier molecular flexibility index (Phi) is 3.18. The minimum Gasteiger partial charge on any atom is -0.482 e. The van der Waals surface area contributed by atoms with Crippen LogP contribution in [0.4, 0.5) is 23.0 Å². The summed E-state index contributed by atoms with van der Waals surface area (Å²) >= 11 is 1.20. The van der Waals surface area contributed by atoms with Crippen molar-refractivity contribution in [3.63, 3.8) is 0 Å². The van der Waals surface area contributed by atoms with E-state index in [2.05, 4.69) is 15.3 Å². The molecule has 0 radical (unpaired) electrons. The Labute approximate surface area is 124 Å². The summed E-state index contributed by atoms with van der Waals surface area (Å²) in [5, 5.41) is 3.09. The topological polar surface area (TPSA) is 142 Å². The van der Waals surface area contributed by atoms with Crippen LogP contribution in [0.15, 0.2) is 28.3 Å². The van der Waals surface area contributed by atoms with Gasteiger partial charge in [-0.25, -0.2) is 9.97 Å². The Morgan fingerprint density at radius 2 is 1.86 bits per heavy atom. The fourth-order valence-electron chi connectivity index (χ4n) is 1.82. The molecule has 21 heavy (non-hydrogen) atoms. The highest BCUT2D eigenvalue weighted by Gasteiger charge is 2.18. The van der Waals surface area contributed by atoms with Gasteiger partial charge in [-0.1, -0.05) is 0 Å². The number of aromatic nitrogens is 2. The molecule has 2 heterocycles. The summed E-state index contributed by atoms with van der Waals surface area (Å²) in [7, 11) is 0. The van der Waals surface area contributed by atoms with Crippen LogP contribution in [0, 0.1) is 0 Å². The molecule has 1 aromatic heterocycles. The number of anilines is 4. The molecule has 0 spiro atoms. The predicted octanol–water partition coefficient (Wildman–Crippen LogP) is 0.705. The Morgan fingerprint density at radius 3 is 2.57 bits per heavy atom. The van der Waals surface area contributed by atoms with Gasteiger partial charge < -0.3 is 27.3 Å². The number of carbonyl (C=O) groups is 1. The van der Waals surface area contributed by atoms with E-state index in [4.69, 9.17) is 21.9 Å². The van der Waals surface area contributed by atoms with Gasteiger partial charge in [0.2, 0.25) is 0 Å². The quantitative estimate of drug-likeness (QED) is 0.469. The van der Waals surface area contributed by atoms with Crippen LogP contribution in [0.2, 0.25) is 0 Å². The molecule has 3 rings (SSSR count). The maximum Gasteiger partial charge on any atom is 0.262 e. The molecule has 108 valence electrons. The zero-order chi connectivity index (χ0) is 15.0. The van der Waals surface area contributed by atoms with Gasteiger partial charge in [0.15, 0.2) is 11.8 Å². The Hall–Kier alpha value is -2.68. The Balaban J connectivity index is 1.95. The first-order valence-corrected chi connectivity index (χ1v) is 6.77. The third-order valence-electron chi connectivity index (χ3n) is 2.69. The molecule has 0 atom stereocenters. The van der Waals surface area contributed by atoms with Gasteiger partial charge in [-0.3, -0.25) is 4.79 Å². The smallest absolute Gasteiger partial charge is 0.262 e. The molecule has 2 aromatic rings. The zero-order valence-electron chi connectivity index (χ0n) is 10.8. The average molecular weight is 304 g/mol. The Bertz CT molecular complexity index is 716. The molecule has 0 bridgehead atoms. The molecule has 7 N–H and O–H groups in total. The SMILES string of the molecule is Nc1cc(N)nc(Sc2cc3c(cc2N)OCC(=O)N3)n1. The van der Waals surface area contributed by atoms with E-state index in [-0.39, 0.29) is 24.1 Å². The molecule has 0 saturated carbocycles. The maximum absolute atomic E-state index is 11.3. The summed E-state index contributed by atoms with van der Waals surface area (Å²) in [5.41, 5.74) is 18.3. The number of benzene rings is 1. The first kappa shape index (κ1) is 13.3.